The molecule has 0 aromatic rings. The Hall–Kier alpha value is -1.42. The summed E-state index contributed by atoms with van der Waals surface area (Å²) in [4.78, 5) is 23.6. The Morgan fingerprint density at radius 1 is 1.47 bits per heavy atom. The second kappa shape index (κ2) is 3.79. The predicted octanol–water partition coefficient (Wildman–Crippen LogP) is 1.60. The molecule has 4 atom stereocenters. The lowest BCUT2D eigenvalue weighted by Crippen LogP contribution is -2.50. The van der Waals surface area contributed by atoms with Crippen LogP contribution in [0.2, 0.25) is 0 Å². The van der Waals surface area contributed by atoms with Gasteiger partial charge in [-0.05, 0) is 29.7 Å². The number of hydrogen-bond donors (Lipinski definition) is 1. The minimum atomic E-state index is -1.22. The number of esters is 1. The first kappa shape index (κ1) is 12.6. The molecule has 0 radical (unpaired) electrons. The lowest BCUT2D eigenvalue weighted by Gasteiger charge is -2.49. The van der Waals surface area contributed by atoms with Gasteiger partial charge in [-0.1, -0.05) is 32.1 Å². The number of rotatable bonds is 1. The molecular weight excluding hydrogens is 244 g/mol. The predicted molar refractivity (Wildman–Crippen MR) is 67.8 cm³/mol. The molecule has 0 unspecified atom stereocenters. The SMILES string of the molecule is CC1(C)CC=C[C@]23C(=O)O[C@H](O)[C@H]2C(C=O)=CC[C@@H]13. The van der Waals surface area contributed by atoms with Crippen molar-refractivity contribution in [1.82, 2.24) is 0 Å². The molecule has 3 rings (SSSR count). The third-order valence-electron chi connectivity index (χ3n) is 5.02. The molecule has 1 N–H and O–H groups in total. The van der Waals surface area contributed by atoms with Gasteiger partial charge < -0.3 is 9.84 Å². The van der Waals surface area contributed by atoms with Crippen LogP contribution in [0.25, 0.3) is 0 Å². The Kier molecular flexibility index (Phi) is 2.52. The number of carbonyl (C=O) groups excluding carboxylic acids is 2. The number of allylic oxidation sites excluding steroid dienone is 2. The number of carbonyl (C=O) groups is 2. The van der Waals surface area contributed by atoms with E-state index in [9.17, 15) is 14.7 Å². The highest BCUT2D eigenvalue weighted by atomic mass is 16.6. The summed E-state index contributed by atoms with van der Waals surface area (Å²) in [5.74, 6) is -0.901. The second-order valence-electron chi connectivity index (χ2n) is 6.41. The minimum absolute atomic E-state index is 0.0546. The van der Waals surface area contributed by atoms with Gasteiger partial charge in [-0.3, -0.25) is 9.59 Å². The summed E-state index contributed by atoms with van der Waals surface area (Å²) in [6.45, 7) is 4.25. The van der Waals surface area contributed by atoms with E-state index in [2.05, 4.69) is 13.8 Å². The highest BCUT2D eigenvalue weighted by molar-refractivity contribution is 5.88. The zero-order valence-corrected chi connectivity index (χ0v) is 11.1. The van der Waals surface area contributed by atoms with Crippen LogP contribution < -0.4 is 0 Å². The van der Waals surface area contributed by atoms with Crippen LogP contribution in [-0.4, -0.2) is 23.7 Å². The molecule has 0 aromatic heterocycles. The van der Waals surface area contributed by atoms with Gasteiger partial charge in [-0.25, -0.2) is 0 Å². The Morgan fingerprint density at radius 2 is 2.21 bits per heavy atom. The van der Waals surface area contributed by atoms with Crippen molar-refractivity contribution in [1.29, 1.82) is 0 Å². The molecule has 1 saturated heterocycles. The number of aliphatic hydroxyl groups is 1. The van der Waals surface area contributed by atoms with E-state index in [4.69, 9.17) is 4.74 Å². The minimum Gasteiger partial charge on any atom is -0.435 e. The summed E-state index contributed by atoms with van der Waals surface area (Å²) in [5, 5.41) is 10.0. The van der Waals surface area contributed by atoms with Gasteiger partial charge in [0.25, 0.3) is 0 Å². The molecule has 2 aliphatic carbocycles. The van der Waals surface area contributed by atoms with Crippen LogP contribution in [0.1, 0.15) is 26.7 Å². The van der Waals surface area contributed by atoms with Gasteiger partial charge in [0.15, 0.2) is 0 Å². The number of cyclic esters (lactones) is 1. The van der Waals surface area contributed by atoms with Gasteiger partial charge in [0.1, 0.15) is 11.7 Å². The fourth-order valence-corrected chi connectivity index (χ4v) is 4.09. The molecular formula is C15H18O4. The molecule has 0 saturated carbocycles. The standard InChI is InChI=1S/C15H18O4/c1-14(2)6-3-7-15-10(14)5-4-9(8-16)11(15)12(17)19-13(15)18/h3-4,7-8,10-12,17H,5-6H2,1-2H3/t10-,11+,12-,15+/m0/s1. The maximum atomic E-state index is 12.3. The summed E-state index contributed by atoms with van der Waals surface area (Å²) in [6, 6.07) is 0. The zero-order valence-electron chi connectivity index (χ0n) is 11.1. The number of aliphatic hydroxyl groups excluding tert-OH is 1. The molecule has 0 bridgehead atoms. The van der Waals surface area contributed by atoms with E-state index in [1.54, 1.807) is 0 Å². The molecule has 4 heteroatoms. The van der Waals surface area contributed by atoms with Crippen molar-refractivity contribution in [2.24, 2.45) is 22.7 Å². The lowest BCUT2D eigenvalue weighted by atomic mass is 9.51. The van der Waals surface area contributed by atoms with Crippen LogP contribution in [0, 0.1) is 22.7 Å². The van der Waals surface area contributed by atoms with Crippen molar-refractivity contribution in [3.8, 4) is 0 Å². The second-order valence-corrected chi connectivity index (χ2v) is 6.41. The van der Waals surface area contributed by atoms with E-state index in [1.165, 1.54) is 0 Å². The molecule has 0 aromatic carbocycles. The summed E-state index contributed by atoms with van der Waals surface area (Å²) in [6.07, 6.45) is 6.78. The summed E-state index contributed by atoms with van der Waals surface area (Å²) < 4.78 is 5.06. The van der Waals surface area contributed by atoms with Crippen LogP contribution in [-0.2, 0) is 14.3 Å². The maximum Gasteiger partial charge on any atom is 0.319 e. The molecule has 1 spiro atoms. The van der Waals surface area contributed by atoms with E-state index in [-0.39, 0.29) is 11.3 Å². The third kappa shape index (κ3) is 1.43. The van der Waals surface area contributed by atoms with Crippen LogP contribution in [0.4, 0.5) is 0 Å². The Balaban J connectivity index is 2.21. The van der Waals surface area contributed by atoms with Crippen LogP contribution in [0.3, 0.4) is 0 Å². The van der Waals surface area contributed by atoms with Crippen LogP contribution in [0.5, 0.6) is 0 Å². The molecule has 1 heterocycles. The van der Waals surface area contributed by atoms with Crippen molar-refractivity contribution in [3.63, 3.8) is 0 Å². The average molecular weight is 262 g/mol. The molecule has 4 nitrogen and oxygen atoms in total. The summed E-state index contributed by atoms with van der Waals surface area (Å²) >= 11 is 0. The molecule has 3 aliphatic rings. The fraction of sp³-hybridized carbons (Fsp3) is 0.600. The smallest absolute Gasteiger partial charge is 0.319 e. The number of hydrogen-bond acceptors (Lipinski definition) is 4. The Labute approximate surface area is 112 Å². The van der Waals surface area contributed by atoms with E-state index >= 15 is 0 Å². The van der Waals surface area contributed by atoms with Crippen molar-refractivity contribution in [2.75, 3.05) is 0 Å². The number of aldehydes is 1. The monoisotopic (exact) mass is 262 g/mol. The summed E-state index contributed by atoms with van der Waals surface area (Å²) in [7, 11) is 0. The normalized spacial score (nSPS) is 43.0. The fourth-order valence-electron chi connectivity index (χ4n) is 4.09. The molecule has 1 fully saturated rings. The van der Waals surface area contributed by atoms with Gasteiger partial charge in [0.05, 0.1) is 5.92 Å². The first-order chi connectivity index (χ1) is 8.93. The van der Waals surface area contributed by atoms with E-state index in [1.807, 2.05) is 18.2 Å². The highest BCUT2D eigenvalue weighted by Gasteiger charge is 2.65. The molecule has 102 valence electrons. The van der Waals surface area contributed by atoms with Crippen molar-refractivity contribution >= 4 is 12.3 Å². The van der Waals surface area contributed by atoms with Crippen LogP contribution >= 0.6 is 0 Å². The van der Waals surface area contributed by atoms with E-state index in [0.717, 1.165) is 12.7 Å². The quantitative estimate of drug-likeness (QED) is 0.443. The van der Waals surface area contributed by atoms with Gasteiger partial charge in [-0.2, -0.15) is 0 Å². The van der Waals surface area contributed by atoms with E-state index in [0.29, 0.717) is 12.0 Å². The topological polar surface area (TPSA) is 63.6 Å². The largest absolute Gasteiger partial charge is 0.435 e. The zero-order chi connectivity index (χ0) is 13.8. The molecule has 19 heavy (non-hydrogen) atoms. The van der Waals surface area contributed by atoms with Gasteiger partial charge in [0.2, 0.25) is 6.29 Å². The van der Waals surface area contributed by atoms with Crippen molar-refractivity contribution in [2.45, 2.75) is 33.0 Å². The van der Waals surface area contributed by atoms with Gasteiger partial charge in [-0.15, -0.1) is 0 Å². The van der Waals surface area contributed by atoms with Gasteiger partial charge >= 0.3 is 5.97 Å². The maximum absolute atomic E-state index is 12.3. The van der Waals surface area contributed by atoms with Crippen LogP contribution in [0.15, 0.2) is 23.8 Å². The van der Waals surface area contributed by atoms with E-state index < -0.39 is 23.6 Å². The highest BCUT2D eigenvalue weighted by Crippen LogP contribution is 2.60. The number of ether oxygens (including phenoxy) is 1. The summed E-state index contributed by atoms with van der Waals surface area (Å²) in [5.41, 5.74) is -0.440. The average Bonchev–Trinajstić information content (AvgIpc) is 2.60. The Bertz CT molecular complexity index is 502. The molecule has 0 amide bonds. The molecule has 1 aliphatic heterocycles. The first-order valence-corrected chi connectivity index (χ1v) is 6.65. The van der Waals surface area contributed by atoms with Gasteiger partial charge in [0, 0.05) is 0 Å². The van der Waals surface area contributed by atoms with Crippen molar-refractivity contribution < 1.29 is 19.4 Å². The van der Waals surface area contributed by atoms with Crippen molar-refractivity contribution in [3.05, 3.63) is 23.8 Å². The Morgan fingerprint density at radius 3 is 2.89 bits per heavy atom. The first-order valence-electron chi connectivity index (χ1n) is 6.65. The lowest BCUT2D eigenvalue weighted by molar-refractivity contribution is -0.159. The third-order valence-corrected chi connectivity index (χ3v) is 5.02.